The molecular formula is C12H21NO17S2. The molecular weight excluding hydrogens is 494 g/mol. The number of carboxylic acids is 1. The molecule has 0 spiro atoms. The average molecular weight is 515 g/mol. The molecule has 32 heavy (non-hydrogen) atoms. The molecule has 0 bridgehead atoms. The van der Waals surface area contributed by atoms with Crippen molar-refractivity contribution in [2.75, 3.05) is 6.61 Å². The fourth-order valence-electron chi connectivity index (χ4n) is 3.08. The second kappa shape index (κ2) is 10.4. The second-order valence-corrected chi connectivity index (χ2v) is 8.73. The Morgan fingerprint density at radius 3 is 2.12 bits per heavy atom. The molecule has 0 radical (unpaired) electrons. The van der Waals surface area contributed by atoms with Gasteiger partial charge in [0.15, 0.2) is 24.8 Å². The zero-order chi connectivity index (χ0) is 24.4. The molecule has 0 saturated carbocycles. The van der Waals surface area contributed by atoms with Crippen molar-refractivity contribution in [1.29, 1.82) is 0 Å². The molecule has 20 heteroatoms. The SMILES string of the molecule is NO[C@H]1[C@H](O)[C@H](C(=O)O)O[C@@H](O[C@H]2[C@H](O)C[C@@H](O)O[C@@H]2COS(=O)(=O)O)[C@@H]1OS(=O)(=O)O. The highest BCUT2D eigenvalue weighted by molar-refractivity contribution is 7.81. The minimum absolute atomic E-state index is 0.522. The number of rotatable bonds is 9. The van der Waals surface area contributed by atoms with Gasteiger partial charge in [-0.3, -0.25) is 13.9 Å². The van der Waals surface area contributed by atoms with E-state index in [2.05, 4.69) is 13.2 Å². The molecule has 2 fully saturated rings. The van der Waals surface area contributed by atoms with Gasteiger partial charge in [-0.2, -0.15) is 16.8 Å². The van der Waals surface area contributed by atoms with E-state index in [4.69, 9.17) is 29.2 Å². The van der Waals surface area contributed by atoms with Crippen LogP contribution < -0.4 is 5.90 Å². The molecule has 2 heterocycles. The minimum atomic E-state index is -5.29. The van der Waals surface area contributed by atoms with Crippen LogP contribution >= 0.6 is 0 Å². The summed E-state index contributed by atoms with van der Waals surface area (Å²) in [6, 6.07) is 0. The van der Waals surface area contributed by atoms with Crippen molar-refractivity contribution in [2.45, 2.75) is 61.7 Å². The van der Waals surface area contributed by atoms with Crippen LogP contribution in [0.1, 0.15) is 6.42 Å². The molecule has 0 aromatic rings. The molecule has 0 aromatic heterocycles. The second-order valence-electron chi connectivity index (χ2n) is 6.59. The Kier molecular flexibility index (Phi) is 8.85. The molecule has 0 aromatic carbocycles. The molecule has 18 nitrogen and oxygen atoms in total. The van der Waals surface area contributed by atoms with Gasteiger partial charge in [-0.15, -0.1) is 0 Å². The molecule has 188 valence electrons. The van der Waals surface area contributed by atoms with Crippen molar-refractivity contribution in [3.63, 3.8) is 0 Å². The summed E-state index contributed by atoms with van der Waals surface area (Å²) < 4.78 is 85.5. The van der Waals surface area contributed by atoms with Gasteiger partial charge in [-0.25, -0.2) is 19.1 Å². The topological polar surface area (TPSA) is 288 Å². The summed E-state index contributed by atoms with van der Waals surface area (Å²) >= 11 is 0. The molecule has 9 atom stereocenters. The lowest BCUT2D eigenvalue weighted by atomic mass is 9.97. The van der Waals surface area contributed by atoms with Crippen molar-refractivity contribution in [1.82, 2.24) is 0 Å². The molecule has 2 aliphatic heterocycles. The van der Waals surface area contributed by atoms with Crippen molar-refractivity contribution < 1.29 is 78.6 Å². The first-order valence-corrected chi connectivity index (χ1v) is 11.2. The third-order valence-corrected chi connectivity index (χ3v) is 5.25. The zero-order valence-electron chi connectivity index (χ0n) is 15.7. The highest BCUT2D eigenvalue weighted by atomic mass is 32.3. The van der Waals surface area contributed by atoms with Crippen molar-refractivity contribution in [3.05, 3.63) is 0 Å². The summed E-state index contributed by atoms with van der Waals surface area (Å²) in [7, 11) is -10.3. The van der Waals surface area contributed by atoms with E-state index in [0.717, 1.165) is 0 Å². The standard InChI is InChI=1S/C12H21NO17S2/c13-29-8-6(16)9(11(17)18)28-12(10(8)30-32(22,23)24)27-7-3(14)1-5(15)26-4(7)2-25-31(19,20)21/h3-10,12,14-16H,1-2,13H2,(H,17,18)(H,19,20,21)(H,22,23,24)/t3-,4-,5+,6+,7+,8+,9-,10-,12-/m1/s1. The maximum atomic E-state index is 11.4. The van der Waals surface area contributed by atoms with E-state index in [-0.39, 0.29) is 0 Å². The molecule has 0 unspecified atom stereocenters. The number of nitrogens with two attached hydrogens (primary N) is 1. The van der Waals surface area contributed by atoms with Crippen LogP contribution in [0.25, 0.3) is 0 Å². The van der Waals surface area contributed by atoms with Gasteiger partial charge in [-0.05, 0) is 0 Å². The largest absolute Gasteiger partial charge is 0.479 e. The lowest BCUT2D eigenvalue weighted by Gasteiger charge is -2.44. The van der Waals surface area contributed by atoms with E-state index >= 15 is 0 Å². The highest BCUT2D eigenvalue weighted by Crippen LogP contribution is 2.31. The maximum absolute atomic E-state index is 11.4. The first kappa shape index (κ1) is 27.1. The highest BCUT2D eigenvalue weighted by Gasteiger charge is 2.54. The van der Waals surface area contributed by atoms with Gasteiger partial charge in [0, 0.05) is 6.42 Å². The Morgan fingerprint density at radius 1 is 1.00 bits per heavy atom. The fraction of sp³-hybridized carbons (Fsp3) is 0.917. The van der Waals surface area contributed by atoms with E-state index in [1.54, 1.807) is 0 Å². The number of hydrogen-bond acceptors (Lipinski definition) is 15. The quantitative estimate of drug-likeness (QED) is 0.112. The molecule has 8 N–H and O–H groups in total. The van der Waals surface area contributed by atoms with Crippen molar-refractivity contribution >= 4 is 26.8 Å². The number of aliphatic hydroxyl groups excluding tert-OH is 3. The van der Waals surface area contributed by atoms with Gasteiger partial charge >= 0.3 is 26.8 Å². The Hall–Kier alpha value is -1.11. The Morgan fingerprint density at radius 2 is 1.62 bits per heavy atom. The van der Waals surface area contributed by atoms with Gasteiger partial charge in [0.25, 0.3) is 0 Å². The van der Waals surface area contributed by atoms with Crippen LogP contribution in [0.15, 0.2) is 0 Å². The van der Waals surface area contributed by atoms with Gasteiger partial charge in [0.2, 0.25) is 0 Å². The summed E-state index contributed by atoms with van der Waals surface area (Å²) in [5, 5.41) is 39.1. The molecule has 2 saturated heterocycles. The Balaban J connectivity index is 2.35. The Bertz CT molecular complexity index is 863. The van der Waals surface area contributed by atoms with Crippen LogP contribution in [0.2, 0.25) is 0 Å². The number of ether oxygens (including phenoxy) is 3. The minimum Gasteiger partial charge on any atom is -0.479 e. The first-order chi connectivity index (χ1) is 14.6. The van der Waals surface area contributed by atoms with Crippen LogP contribution in [0, 0.1) is 0 Å². The zero-order valence-corrected chi connectivity index (χ0v) is 17.3. The van der Waals surface area contributed by atoms with Crippen LogP contribution in [-0.2, 0) is 53.0 Å². The predicted molar refractivity (Wildman–Crippen MR) is 91.7 cm³/mol. The van der Waals surface area contributed by atoms with Crippen LogP contribution in [0.4, 0.5) is 0 Å². The molecule has 0 amide bonds. The van der Waals surface area contributed by atoms with Crippen LogP contribution in [-0.4, -0.2) is 114 Å². The van der Waals surface area contributed by atoms with E-state index in [1.165, 1.54) is 0 Å². The number of hydrogen-bond donors (Lipinski definition) is 7. The summed E-state index contributed by atoms with van der Waals surface area (Å²) in [5.41, 5.74) is 0. The van der Waals surface area contributed by atoms with Crippen LogP contribution in [0.3, 0.4) is 0 Å². The number of carbonyl (C=O) groups is 1. The van der Waals surface area contributed by atoms with Crippen molar-refractivity contribution in [2.24, 2.45) is 5.90 Å². The fourth-order valence-corrected chi connectivity index (χ4v) is 3.87. The van der Waals surface area contributed by atoms with Gasteiger partial charge in [0.1, 0.15) is 24.4 Å². The van der Waals surface area contributed by atoms with E-state index in [0.29, 0.717) is 0 Å². The smallest absolute Gasteiger partial charge is 0.397 e. The average Bonchev–Trinajstić information content (AvgIpc) is 2.62. The lowest BCUT2D eigenvalue weighted by molar-refractivity contribution is -0.336. The summed E-state index contributed by atoms with van der Waals surface area (Å²) in [6.45, 7) is -1.03. The van der Waals surface area contributed by atoms with Gasteiger partial charge in [0.05, 0.1) is 12.7 Å². The lowest BCUT2D eigenvalue weighted by Crippen LogP contribution is -2.64. The third kappa shape index (κ3) is 7.19. The summed E-state index contributed by atoms with van der Waals surface area (Å²) in [4.78, 5) is 15.8. The molecule has 2 aliphatic rings. The van der Waals surface area contributed by atoms with Crippen LogP contribution in [0.5, 0.6) is 0 Å². The molecule has 2 rings (SSSR count). The number of carboxylic acid groups (broad SMARTS) is 1. The number of aliphatic carboxylic acids is 1. The van der Waals surface area contributed by atoms with Gasteiger partial charge < -0.3 is 34.6 Å². The van der Waals surface area contributed by atoms with E-state index < -0.39 is 95.1 Å². The molecule has 0 aliphatic carbocycles. The normalized spacial score (nSPS) is 39.0. The Labute approximate surface area is 180 Å². The number of aliphatic hydroxyl groups is 3. The van der Waals surface area contributed by atoms with E-state index in [1.807, 2.05) is 0 Å². The predicted octanol–water partition coefficient (Wildman–Crippen LogP) is -4.72. The van der Waals surface area contributed by atoms with Gasteiger partial charge in [-0.1, -0.05) is 0 Å². The summed E-state index contributed by atoms with van der Waals surface area (Å²) in [6.07, 6.45) is -17.8. The third-order valence-electron chi connectivity index (χ3n) is 4.35. The summed E-state index contributed by atoms with van der Waals surface area (Å²) in [5.74, 6) is 3.21. The monoisotopic (exact) mass is 515 g/mol. The van der Waals surface area contributed by atoms with E-state index in [9.17, 15) is 42.1 Å². The maximum Gasteiger partial charge on any atom is 0.397 e. The van der Waals surface area contributed by atoms with Crippen molar-refractivity contribution in [3.8, 4) is 0 Å². The first-order valence-electron chi connectivity index (χ1n) is 8.49.